The van der Waals surface area contributed by atoms with Crippen LogP contribution < -0.4 is 16.2 Å². The lowest BCUT2D eigenvalue weighted by Gasteiger charge is -2.24. The summed E-state index contributed by atoms with van der Waals surface area (Å²) in [5.74, 6) is -1.14. The molecule has 0 fully saturated rings. The van der Waals surface area contributed by atoms with Crippen LogP contribution in [0.25, 0.3) is 0 Å². The predicted molar refractivity (Wildman–Crippen MR) is 101 cm³/mol. The molecular formula is C19H31N3O3. The largest absolute Gasteiger partial charge is 0.454 e. The summed E-state index contributed by atoms with van der Waals surface area (Å²) in [5.41, 5.74) is 7.10. The number of hydrogen-bond donors (Lipinski definition) is 3. The number of esters is 1. The van der Waals surface area contributed by atoms with E-state index in [1.54, 1.807) is 20.8 Å². The van der Waals surface area contributed by atoms with Crippen LogP contribution in [0.4, 0.5) is 11.4 Å². The van der Waals surface area contributed by atoms with Crippen molar-refractivity contribution in [3.8, 4) is 0 Å². The number of carbonyl (C=O) groups is 2. The third kappa shape index (κ3) is 7.56. The molecule has 0 bridgehead atoms. The van der Waals surface area contributed by atoms with E-state index in [-0.39, 0.29) is 5.92 Å². The van der Waals surface area contributed by atoms with Crippen LogP contribution in [0.5, 0.6) is 0 Å². The fourth-order valence-electron chi connectivity index (χ4n) is 2.28. The average molecular weight is 349 g/mol. The maximum atomic E-state index is 12.5. The van der Waals surface area contributed by atoms with Crippen LogP contribution in [0.2, 0.25) is 0 Å². The molecule has 1 aromatic carbocycles. The zero-order chi connectivity index (χ0) is 19.0. The monoisotopic (exact) mass is 349 g/mol. The molecule has 6 nitrogen and oxygen atoms in total. The summed E-state index contributed by atoms with van der Waals surface area (Å²) in [5, 5.41) is 3.24. The number of para-hydroxylation sites is 2. The van der Waals surface area contributed by atoms with Crippen molar-refractivity contribution in [3.63, 3.8) is 0 Å². The van der Waals surface area contributed by atoms with Gasteiger partial charge in [0.15, 0.2) is 0 Å². The molecular weight excluding hydrogens is 318 g/mol. The first-order valence-electron chi connectivity index (χ1n) is 8.75. The van der Waals surface area contributed by atoms with Crippen molar-refractivity contribution < 1.29 is 14.3 Å². The molecule has 0 unspecified atom stereocenters. The molecule has 0 aliphatic carbocycles. The highest BCUT2D eigenvalue weighted by atomic mass is 16.6. The molecule has 6 heteroatoms. The van der Waals surface area contributed by atoms with Crippen LogP contribution in [0.3, 0.4) is 0 Å². The Morgan fingerprint density at radius 3 is 2.24 bits per heavy atom. The number of hydrazine groups is 1. The highest BCUT2D eigenvalue weighted by Crippen LogP contribution is 2.20. The van der Waals surface area contributed by atoms with E-state index < -0.39 is 23.4 Å². The third-order valence-electron chi connectivity index (χ3n) is 3.30. The van der Waals surface area contributed by atoms with E-state index in [9.17, 15) is 9.59 Å². The van der Waals surface area contributed by atoms with Crippen LogP contribution >= 0.6 is 0 Å². The molecule has 0 heterocycles. The van der Waals surface area contributed by atoms with E-state index in [1.165, 1.54) is 0 Å². The van der Waals surface area contributed by atoms with Gasteiger partial charge in [0.25, 0.3) is 5.78 Å². The molecule has 1 atom stereocenters. The highest BCUT2D eigenvalue weighted by Gasteiger charge is 2.30. The van der Waals surface area contributed by atoms with Gasteiger partial charge < -0.3 is 15.5 Å². The number of Topliss-reactive ketones (excluding diaryl/α,β-unsaturated/α-hetero) is 1. The Labute approximate surface area is 150 Å². The Bertz CT molecular complexity index is 580. The quantitative estimate of drug-likeness (QED) is 0.360. The molecule has 1 aromatic rings. The van der Waals surface area contributed by atoms with Crippen LogP contribution in [0, 0.1) is 5.92 Å². The van der Waals surface area contributed by atoms with Gasteiger partial charge >= 0.3 is 5.97 Å². The zero-order valence-electron chi connectivity index (χ0n) is 16.1. The minimum absolute atomic E-state index is 0.245. The first-order chi connectivity index (χ1) is 11.6. The molecule has 0 aliphatic heterocycles. The number of anilines is 2. The number of carbonyl (C=O) groups excluding carboxylic acids is 2. The predicted octanol–water partition coefficient (Wildman–Crippen LogP) is 3.36. The number of ether oxygens (including phenoxy) is 1. The summed E-state index contributed by atoms with van der Waals surface area (Å²) in [6.07, 6.45) is 0.522. The Morgan fingerprint density at radius 2 is 1.72 bits per heavy atom. The summed E-state index contributed by atoms with van der Waals surface area (Å²) in [6, 6.07) is 7.01. The second-order valence-electron chi connectivity index (χ2n) is 7.39. The Morgan fingerprint density at radius 1 is 1.12 bits per heavy atom. The van der Waals surface area contributed by atoms with Gasteiger partial charge in [-0.05, 0) is 52.2 Å². The molecule has 0 radical (unpaired) electrons. The molecule has 140 valence electrons. The minimum Gasteiger partial charge on any atom is -0.454 e. The van der Waals surface area contributed by atoms with Crippen LogP contribution in [-0.4, -0.2) is 29.9 Å². The molecule has 0 spiro atoms. The van der Waals surface area contributed by atoms with Crippen LogP contribution in [-0.2, 0) is 14.3 Å². The number of ketones is 1. The van der Waals surface area contributed by atoms with Crippen molar-refractivity contribution in [3.05, 3.63) is 24.3 Å². The number of benzene rings is 1. The van der Waals surface area contributed by atoms with E-state index in [4.69, 9.17) is 4.74 Å². The fourth-order valence-corrected chi connectivity index (χ4v) is 2.28. The first-order valence-corrected chi connectivity index (χ1v) is 8.75. The zero-order valence-corrected chi connectivity index (χ0v) is 16.1. The second-order valence-corrected chi connectivity index (χ2v) is 7.39. The van der Waals surface area contributed by atoms with Gasteiger partial charge in [-0.1, -0.05) is 26.0 Å². The van der Waals surface area contributed by atoms with Crippen molar-refractivity contribution in [2.45, 2.75) is 59.6 Å². The molecule has 0 amide bonds. The van der Waals surface area contributed by atoms with Crippen molar-refractivity contribution >= 4 is 23.1 Å². The summed E-state index contributed by atoms with van der Waals surface area (Å²) >= 11 is 0. The number of hydrogen-bond acceptors (Lipinski definition) is 6. The summed E-state index contributed by atoms with van der Waals surface area (Å²) < 4.78 is 5.21. The van der Waals surface area contributed by atoms with Gasteiger partial charge in [0.05, 0.1) is 17.4 Å². The van der Waals surface area contributed by atoms with Gasteiger partial charge in [0.2, 0.25) is 0 Å². The minimum atomic E-state index is -0.813. The highest BCUT2D eigenvalue weighted by molar-refractivity contribution is 6.35. The molecule has 3 N–H and O–H groups in total. The topological polar surface area (TPSA) is 79.5 Å². The lowest BCUT2D eigenvalue weighted by Crippen LogP contribution is -2.46. The SMILES string of the molecule is CCNc1ccccc1NN[C@@H](CC(C)C)C(=O)C(=O)OC(C)(C)C. The van der Waals surface area contributed by atoms with Gasteiger partial charge in [0, 0.05) is 6.54 Å². The number of nitrogens with one attached hydrogen (secondary N) is 3. The van der Waals surface area contributed by atoms with E-state index in [2.05, 4.69) is 16.2 Å². The van der Waals surface area contributed by atoms with Crippen molar-refractivity contribution in [2.75, 3.05) is 17.3 Å². The van der Waals surface area contributed by atoms with Gasteiger partial charge in [-0.25, -0.2) is 10.2 Å². The Hall–Kier alpha value is -2.08. The van der Waals surface area contributed by atoms with Crippen LogP contribution in [0.15, 0.2) is 24.3 Å². The van der Waals surface area contributed by atoms with Gasteiger partial charge in [-0.3, -0.25) is 4.79 Å². The summed E-state index contributed by atoms with van der Waals surface area (Å²) in [7, 11) is 0. The van der Waals surface area contributed by atoms with Crippen molar-refractivity contribution in [1.29, 1.82) is 0 Å². The number of rotatable bonds is 9. The molecule has 0 aromatic heterocycles. The van der Waals surface area contributed by atoms with Crippen LogP contribution in [0.1, 0.15) is 48.0 Å². The van der Waals surface area contributed by atoms with E-state index in [0.29, 0.717) is 6.42 Å². The molecule has 1 rings (SSSR count). The Balaban J connectivity index is 2.83. The average Bonchev–Trinajstić information content (AvgIpc) is 2.50. The smallest absolute Gasteiger partial charge is 0.376 e. The molecule has 0 saturated carbocycles. The van der Waals surface area contributed by atoms with Crippen molar-refractivity contribution in [2.24, 2.45) is 5.92 Å². The maximum absolute atomic E-state index is 12.5. The van der Waals surface area contributed by atoms with E-state index in [0.717, 1.165) is 17.9 Å². The molecule has 0 saturated heterocycles. The lowest BCUT2D eigenvalue weighted by atomic mass is 10.0. The van der Waals surface area contributed by atoms with E-state index >= 15 is 0 Å². The Kier molecular flexibility index (Phi) is 7.90. The van der Waals surface area contributed by atoms with E-state index in [1.807, 2.05) is 45.0 Å². The molecule has 0 aliphatic rings. The summed E-state index contributed by atoms with van der Waals surface area (Å²) in [6.45, 7) is 12.0. The van der Waals surface area contributed by atoms with Gasteiger partial charge in [0.1, 0.15) is 5.60 Å². The van der Waals surface area contributed by atoms with Crippen molar-refractivity contribution in [1.82, 2.24) is 5.43 Å². The normalized spacial score (nSPS) is 12.6. The summed E-state index contributed by atoms with van der Waals surface area (Å²) in [4.78, 5) is 24.6. The third-order valence-corrected chi connectivity index (χ3v) is 3.30. The van der Waals surface area contributed by atoms with Gasteiger partial charge in [-0.15, -0.1) is 0 Å². The fraction of sp³-hybridized carbons (Fsp3) is 0.579. The second kappa shape index (κ2) is 9.42. The maximum Gasteiger partial charge on any atom is 0.376 e. The molecule has 25 heavy (non-hydrogen) atoms. The van der Waals surface area contributed by atoms with Gasteiger partial charge in [-0.2, -0.15) is 0 Å². The first kappa shape index (κ1) is 21.0. The standard InChI is InChI=1S/C19H31N3O3/c1-7-20-14-10-8-9-11-15(14)21-22-16(12-13(2)3)17(23)18(24)25-19(4,5)6/h8-11,13,16,20-22H,7,12H2,1-6H3/t16-/m0/s1. The lowest BCUT2D eigenvalue weighted by molar-refractivity contribution is -0.163.